The number of hydrogen-bond acceptors (Lipinski definition) is 5. The van der Waals surface area contributed by atoms with Gasteiger partial charge in [-0.3, -0.25) is 9.59 Å². The summed E-state index contributed by atoms with van der Waals surface area (Å²) in [5, 5.41) is 12.4. The number of thiazole rings is 1. The van der Waals surface area contributed by atoms with Crippen molar-refractivity contribution in [1.82, 2.24) is 4.98 Å². The van der Waals surface area contributed by atoms with E-state index < -0.39 is 17.8 Å². The number of benzene rings is 2. The molecule has 0 saturated heterocycles. The summed E-state index contributed by atoms with van der Waals surface area (Å²) in [6, 6.07) is 10.1. The van der Waals surface area contributed by atoms with Crippen LogP contribution in [0.1, 0.15) is 47.9 Å². The topological polar surface area (TPSA) is 79.3 Å². The number of rotatable bonds is 6. The third-order valence-electron chi connectivity index (χ3n) is 6.24. The molecule has 3 aromatic rings. The van der Waals surface area contributed by atoms with Gasteiger partial charge in [-0.25, -0.2) is 4.98 Å². The number of carboxylic acid groups (broad SMARTS) is 1. The molecule has 168 valence electrons. The monoisotopic (exact) mass is 468 g/mol. The Kier molecular flexibility index (Phi) is 6.86. The quantitative estimate of drug-likeness (QED) is 0.413. The number of fused-ring (bicyclic) bond motifs is 1. The molecule has 0 bridgehead atoms. The van der Waals surface area contributed by atoms with Gasteiger partial charge in [-0.2, -0.15) is 0 Å². The third-order valence-corrected chi connectivity index (χ3v) is 8.42. The largest absolute Gasteiger partial charge is 0.481 e. The van der Waals surface area contributed by atoms with Gasteiger partial charge < -0.3 is 10.4 Å². The van der Waals surface area contributed by atoms with Crippen LogP contribution in [0.15, 0.2) is 34.7 Å². The molecule has 0 radical (unpaired) electrons. The Bertz CT molecular complexity index is 1150. The van der Waals surface area contributed by atoms with Crippen LogP contribution in [0.25, 0.3) is 10.2 Å². The Morgan fingerprint density at radius 3 is 2.47 bits per heavy atom. The first kappa shape index (κ1) is 22.8. The molecule has 1 fully saturated rings. The molecule has 7 heteroatoms. The first-order chi connectivity index (χ1) is 15.3. The van der Waals surface area contributed by atoms with Gasteiger partial charge in [0.2, 0.25) is 5.91 Å². The van der Waals surface area contributed by atoms with Crippen LogP contribution in [-0.2, 0) is 15.3 Å². The number of carbonyl (C=O) groups excluding carboxylic acids is 1. The molecule has 0 spiro atoms. The van der Waals surface area contributed by atoms with Crippen LogP contribution in [0.2, 0.25) is 0 Å². The molecule has 2 aromatic carbocycles. The highest BCUT2D eigenvalue weighted by Gasteiger charge is 2.35. The number of thioether (sulfide) groups is 1. The van der Waals surface area contributed by atoms with Crippen molar-refractivity contribution in [2.45, 2.75) is 56.5 Å². The number of amides is 1. The fourth-order valence-corrected chi connectivity index (χ4v) is 6.89. The smallest absolute Gasteiger partial charge is 0.307 e. The molecule has 1 aliphatic rings. The van der Waals surface area contributed by atoms with Crippen molar-refractivity contribution in [2.75, 3.05) is 5.32 Å². The zero-order valence-corrected chi connectivity index (χ0v) is 20.2. The zero-order valence-electron chi connectivity index (χ0n) is 18.6. The minimum Gasteiger partial charge on any atom is -0.481 e. The van der Waals surface area contributed by atoms with Crippen LogP contribution in [0.3, 0.4) is 0 Å². The molecule has 0 unspecified atom stereocenters. The number of aryl methyl sites for hydroxylation is 3. The van der Waals surface area contributed by atoms with E-state index >= 15 is 0 Å². The summed E-state index contributed by atoms with van der Waals surface area (Å²) in [5.74, 6) is -1.25. The molecule has 2 N–H and O–H groups in total. The predicted molar refractivity (Wildman–Crippen MR) is 132 cm³/mol. The van der Waals surface area contributed by atoms with Gasteiger partial charge in [0.25, 0.3) is 0 Å². The van der Waals surface area contributed by atoms with Gasteiger partial charge >= 0.3 is 5.97 Å². The Morgan fingerprint density at radius 1 is 1.09 bits per heavy atom. The van der Waals surface area contributed by atoms with Gasteiger partial charge in [0.15, 0.2) is 4.34 Å². The van der Waals surface area contributed by atoms with Crippen molar-refractivity contribution in [1.29, 1.82) is 0 Å². The van der Waals surface area contributed by atoms with E-state index in [4.69, 9.17) is 4.98 Å². The van der Waals surface area contributed by atoms with Crippen molar-refractivity contribution in [3.8, 4) is 0 Å². The molecule has 32 heavy (non-hydrogen) atoms. The molecule has 1 aromatic heterocycles. The maximum absolute atomic E-state index is 12.8. The Labute approximate surface area is 196 Å². The van der Waals surface area contributed by atoms with E-state index in [0.717, 1.165) is 33.2 Å². The maximum atomic E-state index is 12.8. The van der Waals surface area contributed by atoms with Gasteiger partial charge in [-0.1, -0.05) is 42.3 Å². The number of nitrogens with one attached hydrogen (secondary N) is 1. The van der Waals surface area contributed by atoms with E-state index in [1.165, 1.54) is 22.3 Å². The summed E-state index contributed by atoms with van der Waals surface area (Å²) >= 11 is 3.35. The van der Waals surface area contributed by atoms with Gasteiger partial charge in [-0.15, -0.1) is 11.3 Å². The van der Waals surface area contributed by atoms with Crippen LogP contribution < -0.4 is 5.32 Å². The SMILES string of the molecule is Cc1cc(C)c(CSc2nc3ccc(NC(=O)[C@H]4CCCC[C@H]4C(=O)O)cc3s2)c(C)c1. The lowest BCUT2D eigenvalue weighted by Gasteiger charge is -2.27. The van der Waals surface area contributed by atoms with E-state index in [0.29, 0.717) is 18.5 Å². The van der Waals surface area contributed by atoms with Crippen molar-refractivity contribution in [3.63, 3.8) is 0 Å². The Hall–Kier alpha value is -2.38. The first-order valence-electron chi connectivity index (χ1n) is 11.0. The molecular formula is C25H28N2O3S2. The second-order valence-electron chi connectivity index (χ2n) is 8.65. The van der Waals surface area contributed by atoms with Crippen LogP contribution in [-0.4, -0.2) is 22.0 Å². The first-order valence-corrected chi connectivity index (χ1v) is 12.8. The van der Waals surface area contributed by atoms with Crippen molar-refractivity contribution >= 4 is 50.9 Å². The summed E-state index contributed by atoms with van der Waals surface area (Å²) in [7, 11) is 0. The minimum atomic E-state index is -0.872. The van der Waals surface area contributed by atoms with Gasteiger partial charge in [0, 0.05) is 11.4 Å². The molecule has 1 saturated carbocycles. The molecule has 2 atom stereocenters. The van der Waals surface area contributed by atoms with Crippen LogP contribution in [0.4, 0.5) is 5.69 Å². The fourth-order valence-electron chi connectivity index (χ4n) is 4.59. The number of aromatic nitrogens is 1. The number of carboxylic acids is 1. The average Bonchev–Trinajstić information content (AvgIpc) is 3.15. The summed E-state index contributed by atoms with van der Waals surface area (Å²) < 4.78 is 2.02. The van der Waals surface area contributed by atoms with Crippen molar-refractivity contribution < 1.29 is 14.7 Å². The maximum Gasteiger partial charge on any atom is 0.307 e. The number of anilines is 1. The van der Waals surface area contributed by atoms with Crippen LogP contribution >= 0.6 is 23.1 Å². The highest BCUT2D eigenvalue weighted by Crippen LogP contribution is 2.35. The summed E-state index contributed by atoms with van der Waals surface area (Å²) in [6.45, 7) is 6.44. The normalized spacial score (nSPS) is 18.6. The molecule has 0 aliphatic heterocycles. The molecular weight excluding hydrogens is 440 g/mol. The van der Waals surface area contributed by atoms with Gasteiger partial charge in [0.05, 0.1) is 22.1 Å². The van der Waals surface area contributed by atoms with E-state index in [1.54, 1.807) is 23.1 Å². The Balaban J connectivity index is 1.46. The lowest BCUT2D eigenvalue weighted by molar-refractivity contribution is -0.147. The lowest BCUT2D eigenvalue weighted by Crippen LogP contribution is -2.36. The second-order valence-corrected chi connectivity index (χ2v) is 10.9. The second kappa shape index (κ2) is 9.63. The number of carbonyl (C=O) groups is 2. The molecule has 4 rings (SSSR count). The molecule has 1 amide bonds. The minimum absolute atomic E-state index is 0.194. The van der Waals surface area contributed by atoms with Crippen molar-refractivity contribution in [2.24, 2.45) is 11.8 Å². The van der Waals surface area contributed by atoms with E-state index in [-0.39, 0.29) is 5.91 Å². The lowest BCUT2D eigenvalue weighted by atomic mass is 9.78. The van der Waals surface area contributed by atoms with E-state index in [2.05, 4.69) is 38.2 Å². The number of hydrogen-bond donors (Lipinski definition) is 2. The number of aliphatic carboxylic acids is 1. The Morgan fingerprint density at radius 2 is 1.78 bits per heavy atom. The standard InChI is InChI=1S/C25H28N2O3S2/c1-14-10-15(2)20(16(3)11-14)13-31-25-27-21-9-8-17(12-22(21)32-25)26-23(28)18-6-4-5-7-19(18)24(29)30/h8-12,18-19H,4-7,13H2,1-3H3,(H,26,28)(H,29,30)/t18-,19+/m0/s1. The highest BCUT2D eigenvalue weighted by molar-refractivity contribution is 8.00. The molecule has 1 aliphatic carbocycles. The highest BCUT2D eigenvalue weighted by atomic mass is 32.2. The third kappa shape index (κ3) is 4.99. The summed E-state index contributed by atoms with van der Waals surface area (Å²) in [6.07, 6.45) is 2.97. The average molecular weight is 469 g/mol. The fraction of sp³-hybridized carbons (Fsp3) is 0.400. The summed E-state index contributed by atoms with van der Waals surface area (Å²) in [4.78, 5) is 29.1. The number of nitrogens with zero attached hydrogens (tertiary/aromatic N) is 1. The predicted octanol–water partition coefficient (Wildman–Crippen LogP) is 6.34. The van der Waals surface area contributed by atoms with Gasteiger partial charge in [0.1, 0.15) is 0 Å². The van der Waals surface area contributed by atoms with Gasteiger partial charge in [-0.05, 0) is 68.5 Å². The zero-order chi connectivity index (χ0) is 22.8. The van der Waals surface area contributed by atoms with Crippen LogP contribution in [0.5, 0.6) is 0 Å². The van der Waals surface area contributed by atoms with Crippen LogP contribution in [0, 0.1) is 32.6 Å². The van der Waals surface area contributed by atoms with E-state index in [1.807, 2.05) is 18.2 Å². The summed E-state index contributed by atoms with van der Waals surface area (Å²) in [5.41, 5.74) is 6.86. The van der Waals surface area contributed by atoms with E-state index in [9.17, 15) is 14.7 Å². The molecule has 1 heterocycles. The van der Waals surface area contributed by atoms with Crippen molar-refractivity contribution in [3.05, 3.63) is 52.6 Å². The molecule has 5 nitrogen and oxygen atoms in total.